The molecule has 2 atom stereocenters. The second kappa shape index (κ2) is 14.1. The zero-order valence-electron chi connectivity index (χ0n) is 22.5. The van der Waals surface area contributed by atoms with Gasteiger partial charge in [0.25, 0.3) is 0 Å². The van der Waals surface area contributed by atoms with Crippen LogP contribution in [-0.4, -0.2) is 37.0 Å². The smallest absolute Gasteiger partial charge is 0.318 e. The van der Waals surface area contributed by atoms with Gasteiger partial charge in [0.15, 0.2) is 0 Å². The largest absolute Gasteiger partial charge is 0.465 e. The predicted molar refractivity (Wildman–Crippen MR) is 142 cm³/mol. The van der Waals surface area contributed by atoms with Gasteiger partial charge in [-0.1, -0.05) is 44.6 Å². The molecule has 2 aliphatic carbocycles. The Morgan fingerprint density at radius 2 is 1.22 bits per heavy atom. The van der Waals surface area contributed by atoms with E-state index in [0.29, 0.717) is 11.4 Å². The SMILES string of the molecule is CCOC(=O)[C@@H](C(=O)Nc1cc(NC(=O)[C@@H](C(=O)OCC)C2CCCCC2)ccc1C)C1CCCCC1. The molecule has 8 nitrogen and oxygen atoms in total. The van der Waals surface area contributed by atoms with Crippen LogP contribution < -0.4 is 10.6 Å². The van der Waals surface area contributed by atoms with Crippen LogP contribution in [0.15, 0.2) is 18.2 Å². The first-order chi connectivity index (χ1) is 17.8. The van der Waals surface area contributed by atoms with E-state index in [9.17, 15) is 19.2 Å². The highest BCUT2D eigenvalue weighted by Crippen LogP contribution is 2.34. The molecule has 0 aliphatic heterocycles. The molecule has 0 spiro atoms. The fraction of sp³-hybridized carbons (Fsp3) is 0.655. The van der Waals surface area contributed by atoms with Crippen molar-refractivity contribution in [2.45, 2.75) is 85.0 Å². The summed E-state index contributed by atoms with van der Waals surface area (Å²) in [5, 5.41) is 5.79. The summed E-state index contributed by atoms with van der Waals surface area (Å²) >= 11 is 0. The van der Waals surface area contributed by atoms with E-state index in [-0.39, 0.29) is 31.0 Å². The average molecular weight is 515 g/mol. The second-order valence-electron chi connectivity index (χ2n) is 10.3. The van der Waals surface area contributed by atoms with Gasteiger partial charge in [-0.25, -0.2) is 0 Å². The molecule has 0 unspecified atom stereocenters. The number of carbonyl (C=O) groups excluding carboxylic acids is 4. The number of rotatable bonds is 10. The predicted octanol–water partition coefficient (Wildman–Crippen LogP) is 5.39. The number of amides is 2. The van der Waals surface area contributed by atoms with E-state index in [1.165, 1.54) is 0 Å². The molecule has 0 aromatic heterocycles. The number of anilines is 2. The molecule has 1 aromatic carbocycles. The van der Waals surface area contributed by atoms with E-state index in [0.717, 1.165) is 69.8 Å². The Morgan fingerprint density at radius 3 is 1.68 bits per heavy atom. The van der Waals surface area contributed by atoms with Crippen molar-refractivity contribution in [2.24, 2.45) is 23.7 Å². The van der Waals surface area contributed by atoms with Crippen molar-refractivity contribution in [3.8, 4) is 0 Å². The first-order valence-electron chi connectivity index (χ1n) is 13.9. The average Bonchev–Trinajstić information content (AvgIpc) is 2.88. The Bertz CT molecular complexity index is 950. The van der Waals surface area contributed by atoms with E-state index < -0.39 is 29.7 Å². The van der Waals surface area contributed by atoms with Gasteiger partial charge in [-0.2, -0.15) is 0 Å². The molecule has 8 heteroatoms. The first-order valence-corrected chi connectivity index (χ1v) is 13.9. The molecule has 2 amide bonds. The molecule has 2 fully saturated rings. The van der Waals surface area contributed by atoms with Crippen molar-refractivity contribution < 1.29 is 28.7 Å². The van der Waals surface area contributed by atoms with Crippen molar-refractivity contribution in [1.82, 2.24) is 0 Å². The molecule has 2 aliphatic rings. The summed E-state index contributed by atoms with van der Waals surface area (Å²) in [5.74, 6) is -3.57. The summed E-state index contributed by atoms with van der Waals surface area (Å²) < 4.78 is 10.5. The maximum absolute atomic E-state index is 13.3. The Labute approximate surface area is 220 Å². The van der Waals surface area contributed by atoms with E-state index in [2.05, 4.69) is 10.6 Å². The molecule has 2 saturated carbocycles. The Hall–Kier alpha value is -2.90. The number of aryl methyl sites for hydroxylation is 1. The van der Waals surface area contributed by atoms with Crippen LogP contribution in [0.25, 0.3) is 0 Å². The Morgan fingerprint density at radius 1 is 0.757 bits per heavy atom. The van der Waals surface area contributed by atoms with Crippen LogP contribution in [0.4, 0.5) is 11.4 Å². The zero-order chi connectivity index (χ0) is 26.8. The number of nitrogens with one attached hydrogen (secondary N) is 2. The fourth-order valence-corrected chi connectivity index (χ4v) is 5.69. The minimum atomic E-state index is -0.864. The fourth-order valence-electron chi connectivity index (χ4n) is 5.69. The van der Waals surface area contributed by atoms with Gasteiger partial charge in [-0.05, 0) is 76.0 Å². The molecule has 204 valence electrons. The monoisotopic (exact) mass is 514 g/mol. The van der Waals surface area contributed by atoms with E-state index >= 15 is 0 Å². The highest BCUT2D eigenvalue weighted by molar-refractivity contribution is 6.07. The van der Waals surface area contributed by atoms with Crippen LogP contribution in [0.3, 0.4) is 0 Å². The zero-order valence-corrected chi connectivity index (χ0v) is 22.5. The standard InChI is InChI=1S/C29H42N2O6/c1-4-36-28(34)24(20-12-8-6-9-13-20)26(32)30-22-17-16-19(3)23(18-22)31-27(33)25(29(35)37-5-2)21-14-10-7-11-15-21/h16-18,20-21,24-25H,4-15H2,1-3H3,(H,30,32)(H,31,33)/t24-,25+/m0/s1. The number of benzene rings is 1. The van der Waals surface area contributed by atoms with Gasteiger partial charge in [0, 0.05) is 11.4 Å². The normalized spacial score (nSPS) is 18.4. The number of hydrogen-bond donors (Lipinski definition) is 2. The van der Waals surface area contributed by atoms with Gasteiger partial charge >= 0.3 is 11.9 Å². The molecular weight excluding hydrogens is 472 g/mol. The maximum Gasteiger partial charge on any atom is 0.318 e. The molecular formula is C29H42N2O6. The Kier molecular flexibility index (Phi) is 11.0. The molecule has 37 heavy (non-hydrogen) atoms. The van der Waals surface area contributed by atoms with E-state index in [1.807, 2.05) is 6.92 Å². The number of ether oxygens (including phenoxy) is 2. The van der Waals surface area contributed by atoms with Crippen molar-refractivity contribution in [1.29, 1.82) is 0 Å². The van der Waals surface area contributed by atoms with Gasteiger partial charge in [0.05, 0.1) is 13.2 Å². The molecule has 2 N–H and O–H groups in total. The highest BCUT2D eigenvalue weighted by Gasteiger charge is 2.38. The van der Waals surface area contributed by atoms with Crippen molar-refractivity contribution in [2.75, 3.05) is 23.8 Å². The van der Waals surface area contributed by atoms with Crippen LogP contribution in [0.1, 0.15) is 83.6 Å². The Balaban J connectivity index is 1.76. The minimum Gasteiger partial charge on any atom is -0.465 e. The van der Waals surface area contributed by atoms with Crippen LogP contribution in [0.5, 0.6) is 0 Å². The summed E-state index contributed by atoms with van der Waals surface area (Å²) in [7, 11) is 0. The molecule has 0 heterocycles. The third kappa shape index (κ3) is 7.79. The molecule has 0 bridgehead atoms. The third-order valence-corrected chi connectivity index (χ3v) is 7.65. The number of hydrogen-bond acceptors (Lipinski definition) is 6. The van der Waals surface area contributed by atoms with Crippen LogP contribution >= 0.6 is 0 Å². The molecule has 1 aromatic rings. The summed E-state index contributed by atoms with van der Waals surface area (Å²) in [6, 6.07) is 5.22. The molecule has 0 radical (unpaired) electrons. The summed E-state index contributed by atoms with van der Waals surface area (Å²) in [6.07, 6.45) is 9.50. The van der Waals surface area contributed by atoms with Crippen LogP contribution in [-0.2, 0) is 28.7 Å². The third-order valence-electron chi connectivity index (χ3n) is 7.65. The van der Waals surface area contributed by atoms with Crippen LogP contribution in [0, 0.1) is 30.6 Å². The maximum atomic E-state index is 13.3. The lowest BCUT2D eigenvalue weighted by atomic mass is 9.79. The molecule has 0 saturated heterocycles. The lowest BCUT2D eigenvalue weighted by molar-refractivity contribution is -0.155. The summed E-state index contributed by atoms with van der Waals surface area (Å²) in [4.78, 5) is 52.0. The van der Waals surface area contributed by atoms with Gasteiger partial charge in [0.2, 0.25) is 11.8 Å². The summed E-state index contributed by atoms with van der Waals surface area (Å²) in [6.45, 7) is 5.77. The van der Waals surface area contributed by atoms with Crippen molar-refractivity contribution in [3.05, 3.63) is 23.8 Å². The van der Waals surface area contributed by atoms with Crippen molar-refractivity contribution in [3.63, 3.8) is 0 Å². The van der Waals surface area contributed by atoms with Gasteiger partial charge in [0.1, 0.15) is 11.8 Å². The lowest BCUT2D eigenvalue weighted by Crippen LogP contribution is -2.38. The topological polar surface area (TPSA) is 111 Å². The van der Waals surface area contributed by atoms with Gasteiger partial charge < -0.3 is 20.1 Å². The first kappa shape index (κ1) is 28.7. The minimum absolute atomic E-state index is 0.0433. The number of carbonyl (C=O) groups is 4. The highest BCUT2D eigenvalue weighted by atomic mass is 16.5. The lowest BCUT2D eigenvalue weighted by Gasteiger charge is -2.28. The van der Waals surface area contributed by atoms with Gasteiger partial charge in [-0.3, -0.25) is 19.2 Å². The quantitative estimate of drug-likeness (QED) is 0.320. The second-order valence-corrected chi connectivity index (χ2v) is 10.3. The number of esters is 2. The van der Waals surface area contributed by atoms with Gasteiger partial charge in [-0.15, -0.1) is 0 Å². The van der Waals surface area contributed by atoms with Crippen molar-refractivity contribution >= 4 is 35.1 Å². The summed E-state index contributed by atoms with van der Waals surface area (Å²) in [5.41, 5.74) is 1.78. The van der Waals surface area contributed by atoms with E-state index in [1.54, 1.807) is 32.0 Å². The van der Waals surface area contributed by atoms with E-state index in [4.69, 9.17) is 9.47 Å². The molecule has 3 rings (SSSR count). The van der Waals surface area contributed by atoms with Crippen LogP contribution in [0.2, 0.25) is 0 Å².